The normalized spacial score (nSPS) is 21.3. The van der Waals surface area contributed by atoms with Crippen LogP contribution in [0.5, 0.6) is 5.75 Å². The summed E-state index contributed by atoms with van der Waals surface area (Å²) in [5.74, 6) is 1.43. The molecule has 0 bridgehead atoms. The van der Waals surface area contributed by atoms with Gasteiger partial charge in [0, 0.05) is 18.7 Å². The van der Waals surface area contributed by atoms with E-state index in [1.54, 1.807) is 7.11 Å². The third-order valence-corrected chi connectivity index (χ3v) is 3.72. The summed E-state index contributed by atoms with van der Waals surface area (Å²) in [5, 5.41) is 0. The number of fused-ring (bicyclic) bond motifs is 1. The van der Waals surface area contributed by atoms with Gasteiger partial charge in [0.2, 0.25) is 0 Å². The van der Waals surface area contributed by atoms with Gasteiger partial charge < -0.3 is 14.0 Å². The van der Waals surface area contributed by atoms with Gasteiger partial charge in [-0.3, -0.25) is 0 Å². The van der Waals surface area contributed by atoms with Crippen LogP contribution in [0.3, 0.4) is 0 Å². The lowest BCUT2D eigenvalue weighted by Gasteiger charge is -2.28. The molecule has 4 nitrogen and oxygen atoms in total. The Bertz CT molecular complexity index is 549. The summed E-state index contributed by atoms with van der Waals surface area (Å²) in [5.41, 5.74) is 2.20. The van der Waals surface area contributed by atoms with Crippen molar-refractivity contribution in [1.29, 1.82) is 0 Å². The van der Waals surface area contributed by atoms with Crippen LogP contribution in [0.2, 0.25) is 0 Å². The zero-order valence-corrected chi connectivity index (χ0v) is 11.0. The van der Waals surface area contributed by atoms with Crippen molar-refractivity contribution in [2.24, 2.45) is 0 Å². The molecule has 4 heteroatoms. The second-order valence-corrected chi connectivity index (χ2v) is 5.10. The van der Waals surface area contributed by atoms with Crippen molar-refractivity contribution < 1.29 is 4.74 Å². The Labute approximate surface area is 107 Å². The third-order valence-electron chi connectivity index (χ3n) is 3.72. The van der Waals surface area contributed by atoms with Crippen molar-refractivity contribution in [2.45, 2.75) is 18.8 Å². The van der Waals surface area contributed by atoms with Crippen molar-refractivity contribution >= 4 is 5.65 Å². The molecule has 18 heavy (non-hydrogen) atoms. The number of imidazole rings is 1. The smallest absolute Gasteiger partial charge is 0.137 e. The van der Waals surface area contributed by atoms with Crippen molar-refractivity contribution in [3.05, 3.63) is 30.2 Å². The van der Waals surface area contributed by atoms with Gasteiger partial charge in [0.1, 0.15) is 11.4 Å². The summed E-state index contributed by atoms with van der Waals surface area (Å²) >= 11 is 0. The minimum atomic E-state index is 0.564. The highest BCUT2D eigenvalue weighted by molar-refractivity contribution is 5.43. The van der Waals surface area contributed by atoms with Gasteiger partial charge in [-0.25, -0.2) is 4.98 Å². The van der Waals surface area contributed by atoms with Gasteiger partial charge in [-0.05, 0) is 38.6 Å². The Morgan fingerprint density at radius 2 is 2.22 bits per heavy atom. The van der Waals surface area contributed by atoms with Gasteiger partial charge in [-0.15, -0.1) is 0 Å². The molecule has 1 saturated heterocycles. The Kier molecular flexibility index (Phi) is 2.96. The number of methoxy groups -OCH3 is 1. The van der Waals surface area contributed by atoms with Crippen LogP contribution < -0.4 is 4.74 Å². The number of ether oxygens (including phenoxy) is 1. The first-order valence-corrected chi connectivity index (χ1v) is 6.47. The van der Waals surface area contributed by atoms with Crippen LogP contribution in [0.15, 0.2) is 24.5 Å². The number of likely N-dealkylation sites (N-methyl/N-ethyl adjacent to an activating group) is 1. The van der Waals surface area contributed by atoms with Gasteiger partial charge in [0.05, 0.1) is 19.0 Å². The van der Waals surface area contributed by atoms with E-state index in [1.165, 1.54) is 25.1 Å². The molecule has 0 radical (unpaired) electrons. The fourth-order valence-corrected chi connectivity index (χ4v) is 2.72. The van der Waals surface area contributed by atoms with Crippen LogP contribution in [0.4, 0.5) is 0 Å². The maximum Gasteiger partial charge on any atom is 0.137 e. The SMILES string of the molecule is COc1ccc2nc(C3CCCN(C)C3)cn2c1. The van der Waals surface area contributed by atoms with Gasteiger partial charge in [0.15, 0.2) is 0 Å². The largest absolute Gasteiger partial charge is 0.495 e. The molecule has 0 aliphatic carbocycles. The zero-order chi connectivity index (χ0) is 12.5. The lowest BCUT2D eigenvalue weighted by molar-refractivity contribution is 0.249. The van der Waals surface area contributed by atoms with E-state index in [0.717, 1.165) is 17.9 Å². The van der Waals surface area contributed by atoms with E-state index in [-0.39, 0.29) is 0 Å². The van der Waals surface area contributed by atoms with E-state index in [2.05, 4.69) is 22.5 Å². The predicted molar refractivity (Wildman–Crippen MR) is 71.2 cm³/mol. The highest BCUT2D eigenvalue weighted by atomic mass is 16.5. The molecule has 0 N–H and O–H groups in total. The molecule has 96 valence electrons. The molecule has 1 fully saturated rings. The molecule has 1 aliphatic heterocycles. The number of hydrogen-bond acceptors (Lipinski definition) is 3. The molecule has 1 atom stereocenters. The molecule has 0 saturated carbocycles. The van der Waals surface area contributed by atoms with Gasteiger partial charge in [-0.1, -0.05) is 0 Å². The molecular formula is C14H19N3O. The monoisotopic (exact) mass is 245 g/mol. The first kappa shape index (κ1) is 11.5. The maximum absolute atomic E-state index is 5.24. The molecule has 3 heterocycles. The van der Waals surface area contributed by atoms with Crippen molar-refractivity contribution in [3.63, 3.8) is 0 Å². The predicted octanol–water partition coefficient (Wildman–Crippen LogP) is 2.15. The van der Waals surface area contributed by atoms with Gasteiger partial charge in [0.25, 0.3) is 0 Å². The Morgan fingerprint density at radius 3 is 3.00 bits per heavy atom. The standard InChI is InChI=1S/C14H19N3O/c1-16-7-3-4-11(8-16)13-10-17-9-12(18-2)5-6-14(17)15-13/h5-6,9-11H,3-4,7-8H2,1-2H3. The number of rotatable bonds is 2. The van der Waals surface area contributed by atoms with Crippen molar-refractivity contribution in [2.75, 3.05) is 27.2 Å². The summed E-state index contributed by atoms with van der Waals surface area (Å²) < 4.78 is 7.30. The van der Waals surface area contributed by atoms with Crippen LogP contribution in [0, 0.1) is 0 Å². The minimum absolute atomic E-state index is 0.564. The quantitative estimate of drug-likeness (QED) is 0.812. The Morgan fingerprint density at radius 1 is 1.33 bits per heavy atom. The third kappa shape index (κ3) is 2.08. The highest BCUT2D eigenvalue weighted by Crippen LogP contribution is 2.26. The fraction of sp³-hybridized carbons (Fsp3) is 0.500. The highest BCUT2D eigenvalue weighted by Gasteiger charge is 2.21. The van der Waals surface area contributed by atoms with Crippen LogP contribution in [-0.2, 0) is 0 Å². The average Bonchev–Trinajstić information content (AvgIpc) is 2.81. The second-order valence-electron chi connectivity index (χ2n) is 5.10. The molecule has 2 aromatic heterocycles. The van der Waals surface area contributed by atoms with Crippen LogP contribution in [0.1, 0.15) is 24.5 Å². The van der Waals surface area contributed by atoms with E-state index in [1.807, 2.05) is 18.3 Å². The average molecular weight is 245 g/mol. The number of likely N-dealkylation sites (tertiary alicyclic amines) is 1. The lowest BCUT2D eigenvalue weighted by atomic mass is 9.96. The molecule has 2 aromatic rings. The second kappa shape index (κ2) is 4.61. The number of pyridine rings is 1. The molecule has 0 aromatic carbocycles. The summed E-state index contributed by atoms with van der Waals surface area (Å²) in [6.45, 7) is 2.32. The van der Waals surface area contributed by atoms with Crippen LogP contribution in [0.25, 0.3) is 5.65 Å². The van der Waals surface area contributed by atoms with Crippen LogP contribution >= 0.6 is 0 Å². The number of nitrogens with zero attached hydrogens (tertiary/aromatic N) is 3. The molecule has 0 spiro atoms. The minimum Gasteiger partial charge on any atom is -0.495 e. The van der Waals surface area contributed by atoms with E-state index >= 15 is 0 Å². The summed E-state index contributed by atoms with van der Waals surface area (Å²) in [6, 6.07) is 3.97. The van der Waals surface area contributed by atoms with Crippen molar-refractivity contribution in [1.82, 2.24) is 14.3 Å². The molecule has 3 rings (SSSR count). The fourth-order valence-electron chi connectivity index (χ4n) is 2.72. The topological polar surface area (TPSA) is 29.8 Å². The summed E-state index contributed by atoms with van der Waals surface area (Å²) in [4.78, 5) is 7.11. The van der Waals surface area contributed by atoms with E-state index in [0.29, 0.717) is 5.92 Å². The van der Waals surface area contributed by atoms with Gasteiger partial charge >= 0.3 is 0 Å². The number of aromatic nitrogens is 2. The number of piperidine rings is 1. The first-order chi connectivity index (χ1) is 8.76. The molecule has 1 unspecified atom stereocenters. The van der Waals surface area contributed by atoms with Crippen molar-refractivity contribution in [3.8, 4) is 5.75 Å². The van der Waals surface area contributed by atoms with Crippen LogP contribution in [-0.4, -0.2) is 41.5 Å². The zero-order valence-electron chi connectivity index (χ0n) is 11.0. The molecular weight excluding hydrogens is 226 g/mol. The maximum atomic E-state index is 5.24. The van der Waals surface area contributed by atoms with E-state index in [4.69, 9.17) is 9.72 Å². The van der Waals surface area contributed by atoms with Gasteiger partial charge in [-0.2, -0.15) is 0 Å². The summed E-state index contributed by atoms with van der Waals surface area (Å²) in [6.07, 6.45) is 6.63. The van der Waals surface area contributed by atoms with E-state index in [9.17, 15) is 0 Å². The van der Waals surface area contributed by atoms with E-state index < -0.39 is 0 Å². The lowest BCUT2D eigenvalue weighted by Crippen LogP contribution is -2.30. The Balaban J connectivity index is 1.92. The first-order valence-electron chi connectivity index (χ1n) is 6.47. The summed E-state index contributed by atoms with van der Waals surface area (Å²) in [7, 11) is 3.88. The molecule has 0 amide bonds. The Hall–Kier alpha value is -1.55. The number of hydrogen-bond donors (Lipinski definition) is 0. The molecule has 1 aliphatic rings.